The summed E-state index contributed by atoms with van der Waals surface area (Å²) in [5.41, 5.74) is 0.954. The van der Waals surface area contributed by atoms with E-state index in [1.54, 1.807) is 6.07 Å². The first-order valence-corrected chi connectivity index (χ1v) is 5.29. The predicted molar refractivity (Wildman–Crippen MR) is 60.0 cm³/mol. The van der Waals surface area contributed by atoms with E-state index in [-0.39, 0.29) is 0 Å². The van der Waals surface area contributed by atoms with Crippen LogP contribution in [0.3, 0.4) is 0 Å². The third-order valence-corrected chi connectivity index (χ3v) is 2.43. The van der Waals surface area contributed by atoms with Crippen molar-refractivity contribution in [2.45, 2.75) is 19.9 Å². The Balaban J connectivity index is 2.22. The lowest BCUT2D eigenvalue weighted by atomic mass is 10.3. The van der Waals surface area contributed by atoms with Gasteiger partial charge in [-0.3, -0.25) is 0 Å². The highest BCUT2D eigenvalue weighted by Gasteiger charge is 2.02. The molecule has 0 amide bonds. The lowest BCUT2D eigenvalue weighted by Gasteiger charge is -2.05. The zero-order valence-electron chi connectivity index (χ0n) is 8.52. The van der Waals surface area contributed by atoms with Crippen molar-refractivity contribution in [3.8, 4) is 0 Å². The third kappa shape index (κ3) is 2.36. The number of hydrogen-bond acceptors (Lipinski definition) is 2. The first-order chi connectivity index (χ1) is 7.29. The molecule has 2 rings (SSSR count). The van der Waals surface area contributed by atoms with Gasteiger partial charge in [0.15, 0.2) is 0 Å². The summed E-state index contributed by atoms with van der Waals surface area (Å²) in [6.07, 6.45) is 4.69. The molecule has 0 saturated heterocycles. The van der Waals surface area contributed by atoms with Crippen LogP contribution in [0.15, 0.2) is 30.6 Å². The summed E-state index contributed by atoms with van der Waals surface area (Å²) in [5.74, 6) is 1.07. The molecule has 2 heterocycles. The van der Waals surface area contributed by atoms with Crippen LogP contribution in [0, 0.1) is 0 Å². The minimum Gasteiger partial charge on any atom is -0.329 e. The van der Waals surface area contributed by atoms with Crippen LogP contribution < -0.4 is 0 Å². The van der Waals surface area contributed by atoms with Crippen molar-refractivity contribution >= 4 is 11.6 Å². The third-order valence-electron chi connectivity index (χ3n) is 2.22. The molecule has 0 fully saturated rings. The molecule has 0 aliphatic heterocycles. The summed E-state index contributed by atoms with van der Waals surface area (Å²) < 4.78 is 2.08. The van der Waals surface area contributed by atoms with Crippen molar-refractivity contribution in [2.24, 2.45) is 0 Å². The Morgan fingerprint density at radius 1 is 1.40 bits per heavy atom. The summed E-state index contributed by atoms with van der Waals surface area (Å²) >= 11 is 5.82. The minimum atomic E-state index is 0.533. The van der Waals surface area contributed by atoms with Crippen LogP contribution in [0.5, 0.6) is 0 Å². The molecular formula is C11H12ClN3. The van der Waals surface area contributed by atoms with Gasteiger partial charge in [-0.25, -0.2) is 9.97 Å². The van der Waals surface area contributed by atoms with E-state index in [9.17, 15) is 0 Å². The van der Waals surface area contributed by atoms with Crippen LogP contribution in [0.1, 0.15) is 18.4 Å². The fourth-order valence-electron chi connectivity index (χ4n) is 1.51. The zero-order valence-corrected chi connectivity index (χ0v) is 9.28. The molecule has 0 spiro atoms. The van der Waals surface area contributed by atoms with Crippen molar-refractivity contribution in [2.75, 3.05) is 0 Å². The monoisotopic (exact) mass is 221 g/mol. The first kappa shape index (κ1) is 10.2. The van der Waals surface area contributed by atoms with E-state index in [0.29, 0.717) is 5.15 Å². The molecule has 78 valence electrons. The van der Waals surface area contributed by atoms with E-state index in [1.807, 2.05) is 24.5 Å². The Morgan fingerprint density at radius 3 is 3.00 bits per heavy atom. The molecule has 0 aliphatic rings. The Labute approximate surface area is 93.7 Å². The minimum absolute atomic E-state index is 0.533. The van der Waals surface area contributed by atoms with Gasteiger partial charge in [0.2, 0.25) is 0 Å². The van der Waals surface area contributed by atoms with Crippen molar-refractivity contribution in [3.63, 3.8) is 0 Å². The molecule has 15 heavy (non-hydrogen) atoms. The van der Waals surface area contributed by atoms with Crippen LogP contribution >= 0.6 is 11.6 Å². The molecule has 2 aromatic rings. The van der Waals surface area contributed by atoms with Gasteiger partial charge in [0.05, 0.1) is 12.2 Å². The van der Waals surface area contributed by atoms with Gasteiger partial charge in [-0.1, -0.05) is 24.6 Å². The second-order valence-corrected chi connectivity index (χ2v) is 3.66. The SMILES string of the molecule is CCc1nccn1Cc1cccc(Cl)n1. The lowest BCUT2D eigenvalue weighted by Crippen LogP contribution is -2.04. The van der Waals surface area contributed by atoms with Crippen molar-refractivity contribution in [3.05, 3.63) is 47.3 Å². The molecule has 3 nitrogen and oxygen atoms in total. The average Bonchev–Trinajstić information content (AvgIpc) is 2.65. The average molecular weight is 222 g/mol. The Hall–Kier alpha value is -1.35. The lowest BCUT2D eigenvalue weighted by molar-refractivity contribution is 0.716. The van der Waals surface area contributed by atoms with E-state index < -0.39 is 0 Å². The molecule has 0 bridgehead atoms. The van der Waals surface area contributed by atoms with E-state index in [0.717, 1.165) is 24.5 Å². The number of rotatable bonds is 3. The van der Waals surface area contributed by atoms with Gasteiger partial charge < -0.3 is 4.57 Å². The fourth-order valence-corrected chi connectivity index (χ4v) is 1.69. The highest BCUT2D eigenvalue weighted by atomic mass is 35.5. The normalized spacial score (nSPS) is 10.5. The Kier molecular flexibility index (Phi) is 3.02. The summed E-state index contributed by atoms with van der Waals surface area (Å²) in [7, 11) is 0. The highest BCUT2D eigenvalue weighted by molar-refractivity contribution is 6.29. The van der Waals surface area contributed by atoms with E-state index >= 15 is 0 Å². The zero-order chi connectivity index (χ0) is 10.7. The number of aryl methyl sites for hydroxylation is 1. The summed E-state index contributed by atoms with van der Waals surface area (Å²) in [4.78, 5) is 8.50. The summed E-state index contributed by atoms with van der Waals surface area (Å²) in [5, 5.41) is 0.533. The Bertz CT molecular complexity index is 451. The number of aromatic nitrogens is 3. The molecular weight excluding hydrogens is 210 g/mol. The van der Waals surface area contributed by atoms with Crippen LogP contribution in [0.4, 0.5) is 0 Å². The van der Waals surface area contributed by atoms with Crippen molar-refractivity contribution < 1.29 is 0 Å². The van der Waals surface area contributed by atoms with E-state index in [4.69, 9.17) is 11.6 Å². The fraction of sp³-hybridized carbons (Fsp3) is 0.273. The molecule has 0 aliphatic carbocycles. The van der Waals surface area contributed by atoms with Crippen LogP contribution in [0.2, 0.25) is 5.15 Å². The quantitative estimate of drug-likeness (QED) is 0.746. The summed E-state index contributed by atoms with van der Waals surface area (Å²) in [6.45, 7) is 2.81. The van der Waals surface area contributed by atoms with E-state index in [1.165, 1.54) is 0 Å². The van der Waals surface area contributed by atoms with Gasteiger partial charge in [0, 0.05) is 18.8 Å². The maximum atomic E-state index is 5.82. The van der Waals surface area contributed by atoms with Gasteiger partial charge in [0.25, 0.3) is 0 Å². The molecule has 2 aromatic heterocycles. The van der Waals surface area contributed by atoms with Gasteiger partial charge in [0.1, 0.15) is 11.0 Å². The van der Waals surface area contributed by atoms with Crippen molar-refractivity contribution in [1.29, 1.82) is 0 Å². The second-order valence-electron chi connectivity index (χ2n) is 3.28. The standard InChI is InChI=1S/C11H12ClN3/c1-2-11-13-6-7-15(11)8-9-4-3-5-10(12)14-9/h3-7H,2,8H2,1H3. The topological polar surface area (TPSA) is 30.7 Å². The molecule has 0 atom stereocenters. The molecule has 0 saturated carbocycles. The highest BCUT2D eigenvalue weighted by Crippen LogP contribution is 2.08. The number of pyridine rings is 1. The maximum Gasteiger partial charge on any atom is 0.129 e. The van der Waals surface area contributed by atoms with E-state index in [2.05, 4.69) is 21.5 Å². The molecule has 4 heteroatoms. The maximum absolute atomic E-state index is 5.82. The second kappa shape index (κ2) is 4.45. The number of hydrogen-bond donors (Lipinski definition) is 0. The number of halogens is 1. The molecule has 0 radical (unpaired) electrons. The molecule has 0 unspecified atom stereocenters. The Morgan fingerprint density at radius 2 is 2.27 bits per heavy atom. The van der Waals surface area contributed by atoms with Gasteiger partial charge in [-0.15, -0.1) is 0 Å². The van der Waals surface area contributed by atoms with Crippen LogP contribution in [-0.2, 0) is 13.0 Å². The number of nitrogens with zero attached hydrogens (tertiary/aromatic N) is 3. The van der Waals surface area contributed by atoms with Crippen LogP contribution in [0.25, 0.3) is 0 Å². The van der Waals surface area contributed by atoms with Crippen molar-refractivity contribution in [1.82, 2.24) is 14.5 Å². The van der Waals surface area contributed by atoms with Gasteiger partial charge in [-0.05, 0) is 12.1 Å². The number of imidazole rings is 1. The largest absolute Gasteiger partial charge is 0.329 e. The smallest absolute Gasteiger partial charge is 0.129 e. The predicted octanol–water partition coefficient (Wildman–Crippen LogP) is 2.54. The molecule has 0 N–H and O–H groups in total. The van der Waals surface area contributed by atoms with Gasteiger partial charge in [-0.2, -0.15) is 0 Å². The van der Waals surface area contributed by atoms with Gasteiger partial charge >= 0.3 is 0 Å². The summed E-state index contributed by atoms with van der Waals surface area (Å²) in [6, 6.07) is 5.65. The van der Waals surface area contributed by atoms with Crippen LogP contribution in [-0.4, -0.2) is 14.5 Å². The first-order valence-electron chi connectivity index (χ1n) is 4.91. The molecule has 0 aromatic carbocycles.